The number of aromatic nitrogens is 3. The summed E-state index contributed by atoms with van der Waals surface area (Å²) in [4.78, 5) is 15.3. The van der Waals surface area contributed by atoms with Crippen molar-refractivity contribution in [3.63, 3.8) is 0 Å². The van der Waals surface area contributed by atoms with Gasteiger partial charge in [-0.25, -0.2) is 15.0 Å². The highest BCUT2D eigenvalue weighted by atomic mass is 16.3. The Hall–Kier alpha value is -6.85. The molecule has 0 spiro atoms. The van der Waals surface area contributed by atoms with Crippen LogP contribution in [0, 0.1) is 0 Å². The molecular weight excluding hydrogens is 615 g/mol. The molecule has 0 N–H and O–H groups in total. The van der Waals surface area contributed by atoms with Crippen molar-refractivity contribution in [2.75, 3.05) is 0 Å². The predicted molar refractivity (Wildman–Crippen MR) is 202 cm³/mol. The standard InChI is InChI=1S/C45H27N3O2/c1-2-10-28(11-3-1)29-20-22-30(23-21-29)31-12-8-13-32(26-31)43-46-44(33-24-25-35-34-14-4-6-17-38(34)50-41(35)27-33)48-45(47-43)37-16-9-19-40-42(37)36-15-5-7-18-39(36)49-40/h1-27H. The summed E-state index contributed by atoms with van der Waals surface area (Å²) in [7, 11) is 0. The second-order valence-corrected chi connectivity index (χ2v) is 12.4. The van der Waals surface area contributed by atoms with Gasteiger partial charge in [0.2, 0.25) is 0 Å². The van der Waals surface area contributed by atoms with Crippen LogP contribution in [0.25, 0.3) is 100 Å². The van der Waals surface area contributed by atoms with Gasteiger partial charge in [0.1, 0.15) is 22.3 Å². The molecule has 0 aliphatic carbocycles. The van der Waals surface area contributed by atoms with Gasteiger partial charge in [-0.1, -0.05) is 127 Å². The molecule has 50 heavy (non-hydrogen) atoms. The molecule has 0 saturated heterocycles. The lowest BCUT2D eigenvalue weighted by molar-refractivity contribution is 0.668. The first-order chi connectivity index (χ1) is 24.7. The number of hydrogen-bond donors (Lipinski definition) is 0. The molecule has 0 aliphatic heterocycles. The summed E-state index contributed by atoms with van der Waals surface area (Å²) in [6, 6.07) is 55.9. The Bertz CT molecular complexity index is 2870. The number of benzene rings is 7. The summed E-state index contributed by atoms with van der Waals surface area (Å²) in [6.45, 7) is 0. The summed E-state index contributed by atoms with van der Waals surface area (Å²) < 4.78 is 12.5. The first-order valence-electron chi connectivity index (χ1n) is 16.6. The maximum atomic E-state index is 6.26. The molecule has 234 valence electrons. The highest BCUT2D eigenvalue weighted by Gasteiger charge is 2.19. The maximum Gasteiger partial charge on any atom is 0.164 e. The largest absolute Gasteiger partial charge is 0.456 e. The molecule has 10 aromatic rings. The first-order valence-corrected chi connectivity index (χ1v) is 16.6. The van der Waals surface area contributed by atoms with Crippen molar-refractivity contribution in [1.82, 2.24) is 15.0 Å². The average molecular weight is 642 g/mol. The Balaban J connectivity index is 1.14. The van der Waals surface area contributed by atoms with Crippen LogP contribution in [-0.2, 0) is 0 Å². The highest BCUT2D eigenvalue weighted by molar-refractivity contribution is 6.12. The van der Waals surface area contributed by atoms with E-state index in [1.165, 1.54) is 11.1 Å². The Labute approximate surface area is 287 Å². The number of nitrogens with zero attached hydrogens (tertiary/aromatic N) is 3. The molecule has 0 bridgehead atoms. The van der Waals surface area contributed by atoms with E-state index in [0.29, 0.717) is 17.5 Å². The normalized spacial score (nSPS) is 11.6. The van der Waals surface area contributed by atoms with Gasteiger partial charge in [0.15, 0.2) is 17.5 Å². The first kappa shape index (κ1) is 28.2. The Morgan fingerprint density at radius 2 is 0.800 bits per heavy atom. The van der Waals surface area contributed by atoms with Crippen LogP contribution in [0.1, 0.15) is 0 Å². The molecule has 0 saturated carbocycles. The van der Waals surface area contributed by atoms with Gasteiger partial charge in [-0.05, 0) is 58.7 Å². The zero-order chi connectivity index (χ0) is 33.0. The lowest BCUT2D eigenvalue weighted by Gasteiger charge is -2.11. The van der Waals surface area contributed by atoms with Crippen LogP contribution in [0.2, 0.25) is 0 Å². The van der Waals surface area contributed by atoms with E-state index in [0.717, 1.165) is 71.7 Å². The number of furan rings is 2. The van der Waals surface area contributed by atoms with Crippen LogP contribution in [0.3, 0.4) is 0 Å². The second kappa shape index (κ2) is 11.4. The number of hydrogen-bond acceptors (Lipinski definition) is 5. The van der Waals surface area contributed by atoms with Crippen molar-refractivity contribution in [3.05, 3.63) is 164 Å². The van der Waals surface area contributed by atoms with E-state index < -0.39 is 0 Å². The van der Waals surface area contributed by atoms with Gasteiger partial charge in [-0.2, -0.15) is 0 Å². The smallest absolute Gasteiger partial charge is 0.164 e. The molecule has 0 aliphatic rings. The minimum atomic E-state index is 0.565. The average Bonchev–Trinajstić information content (AvgIpc) is 3.76. The molecule has 5 nitrogen and oxygen atoms in total. The fourth-order valence-corrected chi connectivity index (χ4v) is 6.90. The predicted octanol–water partition coefficient (Wildman–Crippen LogP) is 12.0. The molecule has 5 heteroatoms. The minimum Gasteiger partial charge on any atom is -0.456 e. The molecule has 10 rings (SSSR count). The van der Waals surface area contributed by atoms with E-state index >= 15 is 0 Å². The van der Waals surface area contributed by atoms with Gasteiger partial charge in [0, 0.05) is 38.2 Å². The maximum absolute atomic E-state index is 6.26. The molecule has 0 unspecified atom stereocenters. The van der Waals surface area contributed by atoms with E-state index in [1.54, 1.807) is 0 Å². The summed E-state index contributed by atoms with van der Waals surface area (Å²) in [5.41, 5.74) is 10.5. The van der Waals surface area contributed by atoms with Gasteiger partial charge in [-0.3, -0.25) is 0 Å². The van der Waals surface area contributed by atoms with Gasteiger partial charge in [0.05, 0.1) is 0 Å². The quantitative estimate of drug-likeness (QED) is 0.187. The SMILES string of the molecule is c1ccc(-c2ccc(-c3cccc(-c4nc(-c5ccc6c(c5)oc5ccccc56)nc(-c5cccc6oc7ccccc7c56)n4)c3)cc2)cc1. The topological polar surface area (TPSA) is 65.0 Å². The summed E-state index contributed by atoms with van der Waals surface area (Å²) in [5, 5.41) is 4.13. The Morgan fingerprint density at radius 1 is 0.300 bits per heavy atom. The Morgan fingerprint density at radius 3 is 1.60 bits per heavy atom. The van der Waals surface area contributed by atoms with E-state index in [9.17, 15) is 0 Å². The van der Waals surface area contributed by atoms with Crippen LogP contribution in [0.15, 0.2) is 173 Å². The summed E-state index contributed by atoms with van der Waals surface area (Å²) >= 11 is 0. The van der Waals surface area contributed by atoms with Crippen molar-refractivity contribution in [2.45, 2.75) is 0 Å². The van der Waals surface area contributed by atoms with Crippen molar-refractivity contribution < 1.29 is 8.83 Å². The lowest BCUT2D eigenvalue weighted by atomic mass is 9.99. The fourth-order valence-electron chi connectivity index (χ4n) is 6.90. The van der Waals surface area contributed by atoms with E-state index in [-0.39, 0.29) is 0 Å². The van der Waals surface area contributed by atoms with Crippen molar-refractivity contribution in [2.24, 2.45) is 0 Å². The molecule has 3 heterocycles. The third-order valence-corrected chi connectivity index (χ3v) is 9.36. The van der Waals surface area contributed by atoms with Gasteiger partial charge in [-0.15, -0.1) is 0 Å². The van der Waals surface area contributed by atoms with E-state index in [1.807, 2.05) is 60.7 Å². The van der Waals surface area contributed by atoms with Crippen LogP contribution >= 0.6 is 0 Å². The zero-order valence-corrected chi connectivity index (χ0v) is 26.7. The van der Waals surface area contributed by atoms with Crippen molar-refractivity contribution in [1.29, 1.82) is 0 Å². The summed E-state index contributed by atoms with van der Waals surface area (Å²) in [6.07, 6.45) is 0. The van der Waals surface area contributed by atoms with Gasteiger partial charge >= 0.3 is 0 Å². The van der Waals surface area contributed by atoms with Crippen molar-refractivity contribution in [3.8, 4) is 56.4 Å². The van der Waals surface area contributed by atoms with Crippen LogP contribution in [-0.4, -0.2) is 15.0 Å². The van der Waals surface area contributed by atoms with Crippen LogP contribution in [0.5, 0.6) is 0 Å². The molecule has 0 radical (unpaired) electrons. The molecule has 7 aromatic carbocycles. The summed E-state index contributed by atoms with van der Waals surface area (Å²) in [5.74, 6) is 1.72. The number of para-hydroxylation sites is 2. The molecular formula is C45H27N3O2. The Kier molecular flexibility index (Phi) is 6.42. The molecule has 0 fully saturated rings. The second-order valence-electron chi connectivity index (χ2n) is 12.4. The van der Waals surface area contributed by atoms with Crippen LogP contribution < -0.4 is 0 Å². The molecule has 0 amide bonds. The third kappa shape index (κ3) is 4.75. The third-order valence-electron chi connectivity index (χ3n) is 9.36. The van der Waals surface area contributed by atoms with Gasteiger partial charge < -0.3 is 8.83 Å². The minimum absolute atomic E-state index is 0.565. The molecule has 0 atom stereocenters. The van der Waals surface area contributed by atoms with E-state index in [2.05, 4.69) is 103 Å². The monoisotopic (exact) mass is 641 g/mol. The van der Waals surface area contributed by atoms with E-state index in [4.69, 9.17) is 23.8 Å². The number of rotatable bonds is 5. The van der Waals surface area contributed by atoms with Crippen molar-refractivity contribution >= 4 is 43.9 Å². The lowest BCUT2D eigenvalue weighted by Crippen LogP contribution is -2.00. The molecule has 3 aromatic heterocycles. The van der Waals surface area contributed by atoms with Gasteiger partial charge in [0.25, 0.3) is 0 Å². The highest BCUT2D eigenvalue weighted by Crippen LogP contribution is 2.38. The zero-order valence-electron chi connectivity index (χ0n) is 26.7. The number of fused-ring (bicyclic) bond motifs is 6. The van der Waals surface area contributed by atoms with Crippen LogP contribution in [0.4, 0.5) is 0 Å². The fraction of sp³-hybridized carbons (Fsp3) is 0.